The molecule has 0 atom stereocenters. The van der Waals surface area contributed by atoms with E-state index in [0.717, 1.165) is 6.08 Å². The van der Waals surface area contributed by atoms with Crippen LogP contribution in [0.2, 0.25) is 0 Å². The zero-order chi connectivity index (χ0) is 9.14. The molecule has 0 spiro atoms. The third kappa shape index (κ3) is 1.63. The average molecular weight is 167 g/mol. The van der Waals surface area contributed by atoms with Crippen molar-refractivity contribution in [2.24, 2.45) is 7.05 Å². The largest absolute Gasteiger partial charge is 0.478 e. The summed E-state index contributed by atoms with van der Waals surface area (Å²) in [6, 6.07) is 0. The predicted molar refractivity (Wildman–Crippen MR) is 44.3 cm³/mol. The van der Waals surface area contributed by atoms with Crippen molar-refractivity contribution in [1.82, 2.24) is 9.78 Å². The van der Waals surface area contributed by atoms with Crippen LogP contribution in [-0.2, 0) is 11.8 Å². The van der Waals surface area contributed by atoms with Crippen LogP contribution in [0, 0.1) is 0 Å². The maximum atomic E-state index is 10.1. The topological polar surface area (TPSA) is 81.1 Å². The Morgan fingerprint density at radius 3 is 2.92 bits per heavy atom. The van der Waals surface area contributed by atoms with E-state index in [-0.39, 0.29) is 0 Å². The van der Waals surface area contributed by atoms with E-state index < -0.39 is 5.97 Å². The number of aromatic nitrogens is 2. The van der Waals surface area contributed by atoms with Gasteiger partial charge in [0.1, 0.15) is 5.82 Å². The van der Waals surface area contributed by atoms with Crippen molar-refractivity contribution in [3.05, 3.63) is 17.8 Å². The highest BCUT2D eigenvalue weighted by atomic mass is 16.4. The first-order valence-corrected chi connectivity index (χ1v) is 3.29. The second-order valence-corrected chi connectivity index (χ2v) is 2.28. The smallest absolute Gasteiger partial charge is 0.328 e. The van der Waals surface area contributed by atoms with Crippen molar-refractivity contribution in [1.29, 1.82) is 0 Å². The molecule has 0 fully saturated rings. The summed E-state index contributed by atoms with van der Waals surface area (Å²) in [5, 5.41) is 12.2. The Morgan fingerprint density at radius 1 is 1.83 bits per heavy atom. The van der Waals surface area contributed by atoms with Crippen LogP contribution in [0.25, 0.3) is 6.08 Å². The molecule has 0 aliphatic heterocycles. The molecule has 0 aliphatic rings. The number of hydrogen-bond acceptors (Lipinski definition) is 3. The molecule has 5 heteroatoms. The van der Waals surface area contributed by atoms with Crippen molar-refractivity contribution in [3.8, 4) is 0 Å². The predicted octanol–water partition coefficient (Wildman–Crippen LogP) is 0.100. The number of nitrogens with zero attached hydrogens (tertiary/aromatic N) is 2. The number of nitrogens with two attached hydrogens (primary N) is 1. The normalized spacial score (nSPS) is 10.8. The van der Waals surface area contributed by atoms with Gasteiger partial charge in [0.05, 0.1) is 6.20 Å². The minimum absolute atomic E-state index is 0.451. The monoisotopic (exact) mass is 167 g/mol. The van der Waals surface area contributed by atoms with E-state index >= 15 is 0 Å². The lowest BCUT2D eigenvalue weighted by atomic mass is 10.3. The van der Waals surface area contributed by atoms with Crippen LogP contribution in [0.3, 0.4) is 0 Å². The number of carbonyl (C=O) groups is 1. The van der Waals surface area contributed by atoms with E-state index in [2.05, 4.69) is 5.10 Å². The molecular formula is C7H9N3O2. The van der Waals surface area contributed by atoms with Crippen LogP contribution in [0.5, 0.6) is 0 Å². The Bertz CT molecular complexity index is 327. The molecule has 64 valence electrons. The van der Waals surface area contributed by atoms with Crippen LogP contribution in [0.15, 0.2) is 12.3 Å². The number of aliphatic carboxylic acids is 1. The van der Waals surface area contributed by atoms with Gasteiger partial charge in [-0.25, -0.2) is 4.79 Å². The van der Waals surface area contributed by atoms with Crippen LogP contribution < -0.4 is 5.73 Å². The molecule has 1 aromatic heterocycles. The number of carboxylic acids is 1. The summed E-state index contributed by atoms with van der Waals surface area (Å²) >= 11 is 0. The molecular weight excluding hydrogens is 158 g/mol. The third-order valence-corrected chi connectivity index (χ3v) is 1.42. The number of rotatable bonds is 2. The minimum atomic E-state index is -1.00. The number of aryl methyl sites for hydroxylation is 1. The lowest BCUT2D eigenvalue weighted by Crippen LogP contribution is -1.98. The van der Waals surface area contributed by atoms with E-state index in [1.54, 1.807) is 7.05 Å². The summed E-state index contributed by atoms with van der Waals surface area (Å²) in [6.07, 6.45) is 3.94. The van der Waals surface area contributed by atoms with Crippen molar-refractivity contribution in [3.63, 3.8) is 0 Å². The first-order valence-electron chi connectivity index (χ1n) is 3.29. The fraction of sp³-hybridized carbons (Fsp3) is 0.143. The zero-order valence-electron chi connectivity index (χ0n) is 6.56. The summed E-state index contributed by atoms with van der Waals surface area (Å²) in [4.78, 5) is 10.1. The fourth-order valence-corrected chi connectivity index (χ4v) is 0.753. The number of hydrogen-bond donors (Lipinski definition) is 2. The molecule has 0 radical (unpaired) electrons. The van der Waals surface area contributed by atoms with Gasteiger partial charge in [-0.3, -0.25) is 4.68 Å². The summed E-state index contributed by atoms with van der Waals surface area (Å²) in [6.45, 7) is 0. The molecule has 5 nitrogen and oxygen atoms in total. The summed E-state index contributed by atoms with van der Waals surface area (Å²) in [5.74, 6) is -0.550. The van der Waals surface area contributed by atoms with E-state index in [1.165, 1.54) is 17.0 Å². The first kappa shape index (κ1) is 8.32. The van der Waals surface area contributed by atoms with Gasteiger partial charge in [0.15, 0.2) is 0 Å². The van der Waals surface area contributed by atoms with Crippen LogP contribution in [0.1, 0.15) is 5.56 Å². The Balaban J connectivity index is 2.90. The van der Waals surface area contributed by atoms with Crippen molar-refractivity contribution < 1.29 is 9.90 Å². The molecule has 1 heterocycles. The van der Waals surface area contributed by atoms with Crippen molar-refractivity contribution >= 4 is 17.9 Å². The maximum absolute atomic E-state index is 10.1. The molecule has 1 aromatic rings. The van der Waals surface area contributed by atoms with Gasteiger partial charge in [0.2, 0.25) is 0 Å². The van der Waals surface area contributed by atoms with Crippen molar-refractivity contribution in [2.45, 2.75) is 0 Å². The lowest BCUT2D eigenvalue weighted by Gasteiger charge is -1.92. The highest BCUT2D eigenvalue weighted by molar-refractivity contribution is 5.86. The summed E-state index contributed by atoms with van der Waals surface area (Å²) in [7, 11) is 1.69. The molecule has 3 N–H and O–H groups in total. The molecule has 0 amide bonds. The fourth-order valence-electron chi connectivity index (χ4n) is 0.753. The van der Waals surface area contributed by atoms with Gasteiger partial charge in [-0.05, 0) is 6.08 Å². The second-order valence-electron chi connectivity index (χ2n) is 2.28. The zero-order valence-corrected chi connectivity index (χ0v) is 6.56. The Hall–Kier alpha value is -1.78. The Kier molecular flexibility index (Phi) is 2.14. The maximum Gasteiger partial charge on any atom is 0.328 e. The van der Waals surface area contributed by atoms with Gasteiger partial charge in [-0.15, -0.1) is 0 Å². The Morgan fingerprint density at radius 2 is 2.50 bits per heavy atom. The van der Waals surface area contributed by atoms with E-state index in [1.807, 2.05) is 0 Å². The SMILES string of the molecule is Cn1ncc(C=CC(=O)O)c1N. The van der Waals surface area contributed by atoms with Gasteiger partial charge >= 0.3 is 5.97 Å². The van der Waals surface area contributed by atoms with Gasteiger partial charge in [0.25, 0.3) is 0 Å². The molecule has 1 rings (SSSR count). The molecule has 0 unspecified atom stereocenters. The van der Waals surface area contributed by atoms with Gasteiger partial charge in [-0.1, -0.05) is 0 Å². The Labute approximate surface area is 69.1 Å². The quantitative estimate of drug-likeness (QED) is 0.612. The van der Waals surface area contributed by atoms with E-state index in [4.69, 9.17) is 10.8 Å². The van der Waals surface area contributed by atoms with E-state index in [9.17, 15) is 4.79 Å². The number of nitrogen functional groups attached to an aromatic ring is 1. The third-order valence-electron chi connectivity index (χ3n) is 1.42. The first-order chi connectivity index (χ1) is 5.61. The van der Waals surface area contributed by atoms with Crippen LogP contribution in [0.4, 0.5) is 5.82 Å². The lowest BCUT2D eigenvalue weighted by molar-refractivity contribution is -0.131. The second kappa shape index (κ2) is 3.08. The van der Waals surface area contributed by atoms with E-state index in [0.29, 0.717) is 11.4 Å². The number of anilines is 1. The molecule has 0 aromatic carbocycles. The molecule has 0 bridgehead atoms. The molecule has 0 aliphatic carbocycles. The average Bonchev–Trinajstić information content (AvgIpc) is 2.30. The highest BCUT2D eigenvalue weighted by Crippen LogP contribution is 2.10. The molecule has 12 heavy (non-hydrogen) atoms. The van der Waals surface area contributed by atoms with Crippen molar-refractivity contribution in [2.75, 3.05) is 5.73 Å². The van der Waals surface area contributed by atoms with Crippen LogP contribution >= 0.6 is 0 Å². The molecule has 0 saturated heterocycles. The summed E-state index contributed by atoms with van der Waals surface area (Å²) < 4.78 is 1.47. The van der Waals surface area contributed by atoms with Gasteiger partial charge in [0, 0.05) is 18.7 Å². The minimum Gasteiger partial charge on any atom is -0.478 e. The van der Waals surface area contributed by atoms with Gasteiger partial charge in [-0.2, -0.15) is 5.10 Å². The van der Waals surface area contributed by atoms with Gasteiger partial charge < -0.3 is 10.8 Å². The van der Waals surface area contributed by atoms with Crippen LogP contribution in [-0.4, -0.2) is 20.9 Å². The number of carboxylic acid groups (broad SMARTS) is 1. The standard InChI is InChI=1S/C7H9N3O2/c1-10-7(8)5(4-9-10)2-3-6(11)12/h2-4H,8H2,1H3,(H,11,12). The highest BCUT2D eigenvalue weighted by Gasteiger charge is 2.00. The molecule has 0 saturated carbocycles. The summed E-state index contributed by atoms with van der Waals surface area (Å²) in [5.41, 5.74) is 6.16.